The van der Waals surface area contributed by atoms with Gasteiger partial charge < -0.3 is 10.5 Å². The lowest BCUT2D eigenvalue weighted by Gasteiger charge is -2.10. The molecule has 0 aliphatic heterocycles. The van der Waals surface area contributed by atoms with E-state index in [2.05, 4.69) is 9.72 Å². The Morgan fingerprint density at radius 2 is 2.29 bits per heavy atom. The summed E-state index contributed by atoms with van der Waals surface area (Å²) >= 11 is 0. The normalized spacial score (nSPS) is 10.3. The van der Waals surface area contributed by atoms with E-state index < -0.39 is 12.0 Å². The first-order valence-corrected chi connectivity index (χ1v) is 3.67. The zero-order valence-electron chi connectivity index (χ0n) is 7.33. The fourth-order valence-corrected chi connectivity index (χ4v) is 1.04. The molecule has 0 aliphatic carbocycles. The minimum absolute atomic E-state index is 0.124. The number of hydrogen-bond acceptors (Lipinski definition) is 4. The highest BCUT2D eigenvalue weighted by Crippen LogP contribution is 2.32. The van der Waals surface area contributed by atoms with Gasteiger partial charge in [0.2, 0.25) is 0 Å². The summed E-state index contributed by atoms with van der Waals surface area (Å²) in [6, 6.07) is 0. The molecule has 0 atom stereocenters. The molecule has 0 bridgehead atoms. The number of rotatable bonds is 3. The van der Waals surface area contributed by atoms with Gasteiger partial charge in [-0.05, 0) is 0 Å². The third-order valence-corrected chi connectivity index (χ3v) is 1.68. The summed E-state index contributed by atoms with van der Waals surface area (Å²) in [5.74, 6) is -0.344. The lowest BCUT2D eigenvalue weighted by atomic mass is 10.1. The van der Waals surface area contributed by atoms with Crippen LogP contribution in [0.15, 0.2) is 6.20 Å². The van der Waals surface area contributed by atoms with E-state index in [0.717, 1.165) is 6.20 Å². The Bertz CT molecular complexity index is 355. The average Bonchev–Trinajstić information content (AvgIpc) is 2.16. The molecular formula is C8H8F2N2O2. The second-order valence-electron chi connectivity index (χ2n) is 2.46. The molecule has 1 rings (SSSR count). The van der Waals surface area contributed by atoms with Crippen molar-refractivity contribution in [1.82, 2.24) is 4.98 Å². The smallest absolute Gasteiger partial charge is 0.268 e. The molecule has 1 aromatic heterocycles. The number of nitrogens with two attached hydrogens (primary N) is 1. The molecule has 14 heavy (non-hydrogen) atoms. The van der Waals surface area contributed by atoms with Crippen molar-refractivity contribution in [2.45, 2.75) is 6.43 Å². The minimum Gasteiger partial charge on any atom is -0.495 e. The number of aromatic nitrogens is 1. The number of pyridine rings is 1. The van der Waals surface area contributed by atoms with Crippen LogP contribution in [-0.4, -0.2) is 18.4 Å². The van der Waals surface area contributed by atoms with Crippen LogP contribution in [0, 0.1) is 0 Å². The van der Waals surface area contributed by atoms with Gasteiger partial charge in [-0.1, -0.05) is 0 Å². The Morgan fingerprint density at radius 1 is 1.64 bits per heavy atom. The molecule has 0 radical (unpaired) electrons. The number of carbonyl (C=O) groups is 1. The molecule has 0 amide bonds. The number of alkyl halides is 2. The number of halogens is 2. The maximum atomic E-state index is 12.4. The van der Waals surface area contributed by atoms with E-state index in [9.17, 15) is 13.6 Å². The van der Waals surface area contributed by atoms with Crippen molar-refractivity contribution in [2.75, 3.05) is 12.8 Å². The van der Waals surface area contributed by atoms with Gasteiger partial charge in [0, 0.05) is 6.20 Å². The highest BCUT2D eigenvalue weighted by Gasteiger charge is 2.19. The number of nitrogen functional groups attached to an aromatic ring is 1. The first-order valence-electron chi connectivity index (χ1n) is 3.67. The number of carbonyl (C=O) groups excluding carboxylic acids is 1. The van der Waals surface area contributed by atoms with E-state index >= 15 is 0 Å². The van der Waals surface area contributed by atoms with Gasteiger partial charge >= 0.3 is 0 Å². The quantitative estimate of drug-likeness (QED) is 0.753. The van der Waals surface area contributed by atoms with Gasteiger partial charge in [-0.2, -0.15) is 0 Å². The Kier molecular flexibility index (Phi) is 2.95. The lowest BCUT2D eigenvalue weighted by molar-refractivity contribution is 0.111. The van der Waals surface area contributed by atoms with E-state index in [1.807, 2.05) is 0 Å². The number of hydrogen-bond donors (Lipinski definition) is 1. The van der Waals surface area contributed by atoms with Crippen LogP contribution >= 0.6 is 0 Å². The predicted octanol–water partition coefficient (Wildman–Crippen LogP) is 1.42. The van der Waals surface area contributed by atoms with Crippen LogP contribution in [0.2, 0.25) is 0 Å². The van der Waals surface area contributed by atoms with Crippen LogP contribution in [-0.2, 0) is 0 Å². The summed E-state index contributed by atoms with van der Waals surface area (Å²) < 4.78 is 29.4. The third kappa shape index (κ3) is 1.63. The zero-order valence-corrected chi connectivity index (χ0v) is 7.33. The number of anilines is 1. The second kappa shape index (κ2) is 3.99. The maximum Gasteiger partial charge on any atom is 0.268 e. The topological polar surface area (TPSA) is 65.2 Å². The van der Waals surface area contributed by atoms with Crippen molar-refractivity contribution in [2.24, 2.45) is 0 Å². The van der Waals surface area contributed by atoms with Gasteiger partial charge in [0.05, 0.1) is 18.2 Å². The maximum absolute atomic E-state index is 12.4. The predicted molar refractivity (Wildman–Crippen MR) is 45.5 cm³/mol. The Morgan fingerprint density at radius 3 is 2.71 bits per heavy atom. The van der Waals surface area contributed by atoms with Gasteiger partial charge in [0.15, 0.2) is 6.29 Å². The molecule has 6 heteroatoms. The van der Waals surface area contributed by atoms with Crippen LogP contribution in [0.1, 0.15) is 22.3 Å². The largest absolute Gasteiger partial charge is 0.495 e. The molecule has 1 aromatic rings. The molecule has 0 unspecified atom stereocenters. The van der Waals surface area contributed by atoms with Crippen LogP contribution in [0.25, 0.3) is 0 Å². The van der Waals surface area contributed by atoms with E-state index in [0.29, 0.717) is 6.29 Å². The molecule has 4 nitrogen and oxygen atoms in total. The first-order chi connectivity index (χ1) is 6.61. The standard InChI is InChI=1S/C8H8F2N2O2/c1-14-6-4(7(9)10)2-12-8(11)5(6)3-13/h2-3,7H,1H3,(H2,11,12). The van der Waals surface area contributed by atoms with Crippen molar-refractivity contribution < 1.29 is 18.3 Å². The van der Waals surface area contributed by atoms with Gasteiger partial charge in [-0.25, -0.2) is 13.8 Å². The number of ether oxygens (including phenoxy) is 1. The molecule has 0 aromatic carbocycles. The number of aldehydes is 1. The highest BCUT2D eigenvalue weighted by atomic mass is 19.3. The first kappa shape index (κ1) is 10.4. The summed E-state index contributed by atoms with van der Waals surface area (Å²) in [6.07, 6.45) is -1.52. The molecule has 0 saturated carbocycles. The van der Waals surface area contributed by atoms with E-state index in [4.69, 9.17) is 5.73 Å². The molecule has 0 aliphatic rings. The van der Waals surface area contributed by atoms with Crippen molar-refractivity contribution in [1.29, 1.82) is 0 Å². The summed E-state index contributed by atoms with van der Waals surface area (Å²) in [4.78, 5) is 14.0. The average molecular weight is 202 g/mol. The van der Waals surface area contributed by atoms with Crippen molar-refractivity contribution in [3.63, 3.8) is 0 Å². The van der Waals surface area contributed by atoms with Gasteiger partial charge in [-0.15, -0.1) is 0 Å². The molecule has 0 saturated heterocycles. The fraction of sp³-hybridized carbons (Fsp3) is 0.250. The number of nitrogens with zero attached hydrogens (tertiary/aromatic N) is 1. The lowest BCUT2D eigenvalue weighted by Crippen LogP contribution is -2.04. The van der Waals surface area contributed by atoms with Gasteiger partial charge in [-0.3, -0.25) is 4.79 Å². The van der Waals surface area contributed by atoms with Crippen molar-refractivity contribution >= 4 is 12.1 Å². The van der Waals surface area contributed by atoms with E-state index in [-0.39, 0.29) is 17.1 Å². The SMILES string of the molecule is COc1c(C(F)F)cnc(N)c1C=O. The Hall–Kier alpha value is -1.72. The summed E-state index contributed by atoms with van der Waals surface area (Å²) in [5, 5.41) is 0. The van der Waals surface area contributed by atoms with Gasteiger partial charge in [0.1, 0.15) is 11.6 Å². The Balaban J connectivity index is 3.40. The molecule has 76 valence electrons. The second-order valence-corrected chi connectivity index (χ2v) is 2.46. The molecular weight excluding hydrogens is 194 g/mol. The Labute approximate surface area is 78.7 Å². The summed E-state index contributed by atoms with van der Waals surface area (Å²) in [7, 11) is 1.19. The van der Waals surface area contributed by atoms with E-state index in [1.165, 1.54) is 7.11 Å². The van der Waals surface area contributed by atoms with Crippen LogP contribution in [0.4, 0.5) is 14.6 Å². The van der Waals surface area contributed by atoms with Crippen LogP contribution < -0.4 is 10.5 Å². The van der Waals surface area contributed by atoms with Crippen LogP contribution in [0.5, 0.6) is 5.75 Å². The summed E-state index contributed by atoms with van der Waals surface area (Å²) in [5.41, 5.74) is 4.72. The van der Waals surface area contributed by atoms with Crippen molar-refractivity contribution in [3.05, 3.63) is 17.3 Å². The van der Waals surface area contributed by atoms with Gasteiger partial charge in [0.25, 0.3) is 6.43 Å². The molecule has 2 N–H and O–H groups in total. The third-order valence-electron chi connectivity index (χ3n) is 1.68. The minimum atomic E-state index is -2.75. The molecule has 0 spiro atoms. The van der Waals surface area contributed by atoms with E-state index in [1.54, 1.807) is 0 Å². The molecule has 1 heterocycles. The molecule has 0 fully saturated rings. The van der Waals surface area contributed by atoms with Crippen LogP contribution in [0.3, 0.4) is 0 Å². The zero-order chi connectivity index (χ0) is 10.7. The highest BCUT2D eigenvalue weighted by molar-refractivity contribution is 5.86. The summed E-state index contributed by atoms with van der Waals surface area (Å²) in [6.45, 7) is 0. The fourth-order valence-electron chi connectivity index (χ4n) is 1.04. The monoisotopic (exact) mass is 202 g/mol. The van der Waals surface area contributed by atoms with Crippen molar-refractivity contribution in [3.8, 4) is 5.75 Å². The number of methoxy groups -OCH3 is 1.